The third kappa shape index (κ3) is 2.58. The Labute approximate surface area is 117 Å². The van der Waals surface area contributed by atoms with Gasteiger partial charge < -0.3 is 15.6 Å². The van der Waals surface area contributed by atoms with Crippen LogP contribution in [-0.4, -0.2) is 21.0 Å². The third-order valence-electron chi connectivity index (χ3n) is 3.82. The lowest BCUT2D eigenvalue weighted by Crippen LogP contribution is -2.48. The number of hydrogen-bond donors (Lipinski definition) is 2. The van der Waals surface area contributed by atoms with E-state index in [0.29, 0.717) is 6.42 Å². The maximum atomic E-state index is 12.1. The zero-order valence-corrected chi connectivity index (χ0v) is 11.2. The molecule has 3 N–H and O–H groups in total. The van der Waals surface area contributed by atoms with Crippen molar-refractivity contribution >= 4 is 11.6 Å². The number of imidazole rings is 1. The number of nitrogens with two attached hydrogens (primary N) is 1. The van der Waals surface area contributed by atoms with Gasteiger partial charge in [0.25, 0.3) is 0 Å². The minimum absolute atomic E-state index is 0.0280. The summed E-state index contributed by atoms with van der Waals surface area (Å²) in [7, 11) is 0. The average Bonchev–Trinajstić information content (AvgIpc) is 2.91. The molecule has 1 aliphatic carbocycles. The Bertz CT molecular complexity index is 602. The Hall–Kier alpha value is -2.14. The highest BCUT2D eigenvalue weighted by Crippen LogP contribution is 2.32. The summed E-state index contributed by atoms with van der Waals surface area (Å²) in [6.45, 7) is 0. The van der Waals surface area contributed by atoms with E-state index < -0.39 is 0 Å². The second-order valence-corrected chi connectivity index (χ2v) is 5.43. The summed E-state index contributed by atoms with van der Waals surface area (Å²) in [5.41, 5.74) is 7.49. The topological polar surface area (TPSA) is 72.9 Å². The van der Waals surface area contributed by atoms with Gasteiger partial charge in [0.2, 0.25) is 5.91 Å². The molecule has 1 aromatic heterocycles. The van der Waals surface area contributed by atoms with Crippen LogP contribution in [-0.2, 0) is 4.79 Å². The van der Waals surface area contributed by atoms with Gasteiger partial charge in [-0.05, 0) is 31.4 Å². The number of nitrogens with one attached hydrogen (secondary N) is 1. The summed E-state index contributed by atoms with van der Waals surface area (Å²) < 4.78 is 1.87. The van der Waals surface area contributed by atoms with Gasteiger partial charge in [0.15, 0.2) is 0 Å². The number of carbonyl (C=O) groups is 1. The van der Waals surface area contributed by atoms with Crippen LogP contribution in [0.1, 0.15) is 25.7 Å². The Morgan fingerprint density at radius 3 is 2.85 bits per heavy atom. The molecule has 1 heterocycles. The van der Waals surface area contributed by atoms with Gasteiger partial charge in [-0.3, -0.25) is 4.79 Å². The fourth-order valence-electron chi connectivity index (χ4n) is 2.53. The van der Waals surface area contributed by atoms with Crippen LogP contribution in [0.25, 0.3) is 5.69 Å². The summed E-state index contributed by atoms with van der Waals surface area (Å²) in [5.74, 6) is -0.0280. The van der Waals surface area contributed by atoms with Crippen molar-refractivity contribution in [3.05, 3.63) is 43.0 Å². The first-order valence-corrected chi connectivity index (χ1v) is 6.82. The molecule has 0 atom stereocenters. The maximum Gasteiger partial charge on any atom is 0.226 e. The first-order valence-electron chi connectivity index (χ1n) is 6.82. The van der Waals surface area contributed by atoms with Crippen molar-refractivity contribution < 1.29 is 4.79 Å². The normalized spacial score (nSPS) is 16.4. The molecule has 0 radical (unpaired) electrons. The van der Waals surface area contributed by atoms with Crippen molar-refractivity contribution in [1.29, 1.82) is 0 Å². The van der Waals surface area contributed by atoms with E-state index in [-0.39, 0.29) is 11.4 Å². The van der Waals surface area contributed by atoms with Crippen LogP contribution in [0, 0.1) is 0 Å². The molecule has 0 spiro atoms. The van der Waals surface area contributed by atoms with Gasteiger partial charge in [-0.25, -0.2) is 4.98 Å². The molecule has 1 saturated carbocycles. The van der Waals surface area contributed by atoms with Gasteiger partial charge in [0.05, 0.1) is 17.7 Å². The van der Waals surface area contributed by atoms with Crippen molar-refractivity contribution in [3.63, 3.8) is 0 Å². The molecular weight excluding hydrogens is 252 g/mol. The SMILES string of the molecule is NC1(CC(=O)Nc2ccccc2-n2ccnc2)CCC1. The first kappa shape index (κ1) is 12.9. The molecule has 3 rings (SSSR count). The average molecular weight is 270 g/mol. The van der Waals surface area contributed by atoms with E-state index in [2.05, 4.69) is 10.3 Å². The van der Waals surface area contributed by atoms with E-state index in [1.54, 1.807) is 12.5 Å². The summed E-state index contributed by atoms with van der Waals surface area (Å²) in [4.78, 5) is 16.2. The standard InChI is InChI=1S/C15H18N4O/c16-15(6-3-7-15)10-14(20)18-12-4-1-2-5-13(12)19-9-8-17-11-19/h1-2,4-5,8-9,11H,3,6-7,10,16H2,(H,18,20). The lowest BCUT2D eigenvalue weighted by molar-refractivity contribution is -0.118. The van der Waals surface area contributed by atoms with Crippen molar-refractivity contribution in [1.82, 2.24) is 9.55 Å². The molecule has 20 heavy (non-hydrogen) atoms. The molecule has 5 nitrogen and oxygen atoms in total. The van der Waals surface area contributed by atoms with Gasteiger partial charge >= 0.3 is 0 Å². The Morgan fingerprint density at radius 2 is 2.20 bits per heavy atom. The number of carbonyl (C=O) groups excluding carboxylic acids is 1. The molecule has 1 fully saturated rings. The summed E-state index contributed by atoms with van der Waals surface area (Å²) in [5, 5.41) is 2.96. The minimum Gasteiger partial charge on any atom is -0.325 e. The lowest BCUT2D eigenvalue weighted by Gasteiger charge is -2.37. The number of anilines is 1. The number of para-hydroxylation sites is 2. The molecule has 1 amide bonds. The summed E-state index contributed by atoms with van der Waals surface area (Å²) in [6.07, 6.45) is 8.64. The molecule has 104 valence electrons. The van der Waals surface area contributed by atoms with E-state index >= 15 is 0 Å². The molecule has 0 saturated heterocycles. The lowest BCUT2D eigenvalue weighted by atomic mass is 9.75. The maximum absolute atomic E-state index is 12.1. The fraction of sp³-hybridized carbons (Fsp3) is 0.333. The second kappa shape index (κ2) is 5.09. The van der Waals surface area contributed by atoms with Crippen LogP contribution in [0.3, 0.4) is 0 Å². The first-order chi connectivity index (χ1) is 9.66. The van der Waals surface area contributed by atoms with E-state index in [1.807, 2.05) is 35.0 Å². The zero-order chi connectivity index (χ0) is 14.0. The number of benzene rings is 1. The van der Waals surface area contributed by atoms with Crippen LogP contribution in [0.2, 0.25) is 0 Å². The number of aromatic nitrogens is 2. The predicted octanol–water partition coefficient (Wildman–Crippen LogP) is 2.08. The number of hydrogen-bond acceptors (Lipinski definition) is 3. The Balaban J connectivity index is 1.76. The Kier molecular flexibility index (Phi) is 3.28. The van der Waals surface area contributed by atoms with Gasteiger partial charge in [0.1, 0.15) is 0 Å². The van der Waals surface area contributed by atoms with E-state index in [9.17, 15) is 4.79 Å². The Morgan fingerprint density at radius 1 is 1.40 bits per heavy atom. The van der Waals surface area contributed by atoms with Crippen molar-refractivity contribution in [2.75, 3.05) is 5.32 Å². The quantitative estimate of drug-likeness (QED) is 0.893. The summed E-state index contributed by atoms with van der Waals surface area (Å²) >= 11 is 0. The van der Waals surface area contributed by atoms with Gasteiger partial charge in [-0.15, -0.1) is 0 Å². The molecular formula is C15H18N4O. The highest BCUT2D eigenvalue weighted by atomic mass is 16.1. The van der Waals surface area contributed by atoms with Gasteiger partial charge in [-0.2, -0.15) is 0 Å². The van der Waals surface area contributed by atoms with Crippen molar-refractivity contribution in [2.45, 2.75) is 31.2 Å². The molecule has 1 aromatic carbocycles. The van der Waals surface area contributed by atoms with E-state index in [1.165, 1.54) is 0 Å². The largest absolute Gasteiger partial charge is 0.325 e. The predicted molar refractivity (Wildman–Crippen MR) is 77.6 cm³/mol. The smallest absolute Gasteiger partial charge is 0.226 e. The molecule has 0 aliphatic heterocycles. The summed E-state index contributed by atoms with van der Waals surface area (Å²) in [6, 6.07) is 7.66. The molecule has 2 aromatic rings. The van der Waals surface area contributed by atoms with Crippen molar-refractivity contribution in [3.8, 4) is 5.69 Å². The fourth-order valence-corrected chi connectivity index (χ4v) is 2.53. The number of nitrogens with zero attached hydrogens (tertiary/aromatic N) is 2. The van der Waals surface area contributed by atoms with E-state index in [4.69, 9.17) is 5.73 Å². The monoisotopic (exact) mass is 270 g/mol. The number of amides is 1. The van der Waals surface area contributed by atoms with Crippen LogP contribution < -0.4 is 11.1 Å². The van der Waals surface area contributed by atoms with Crippen LogP contribution in [0.15, 0.2) is 43.0 Å². The van der Waals surface area contributed by atoms with Gasteiger partial charge in [-0.1, -0.05) is 12.1 Å². The number of rotatable bonds is 4. The van der Waals surface area contributed by atoms with Crippen molar-refractivity contribution in [2.24, 2.45) is 5.73 Å². The third-order valence-corrected chi connectivity index (χ3v) is 3.82. The van der Waals surface area contributed by atoms with Crippen LogP contribution >= 0.6 is 0 Å². The van der Waals surface area contributed by atoms with Crippen LogP contribution in [0.5, 0.6) is 0 Å². The molecule has 1 aliphatic rings. The molecule has 5 heteroatoms. The van der Waals surface area contributed by atoms with E-state index in [0.717, 1.165) is 30.6 Å². The van der Waals surface area contributed by atoms with Gasteiger partial charge in [0, 0.05) is 24.4 Å². The minimum atomic E-state index is -0.298. The second-order valence-electron chi connectivity index (χ2n) is 5.43. The van der Waals surface area contributed by atoms with Crippen LogP contribution in [0.4, 0.5) is 5.69 Å². The zero-order valence-electron chi connectivity index (χ0n) is 11.2. The highest BCUT2D eigenvalue weighted by molar-refractivity contribution is 5.93. The molecule has 0 bridgehead atoms. The molecule has 0 unspecified atom stereocenters. The highest BCUT2D eigenvalue weighted by Gasteiger charge is 2.34.